The molecule has 1 aliphatic rings. The van der Waals surface area contributed by atoms with Gasteiger partial charge in [-0.15, -0.1) is 21.5 Å². The van der Waals surface area contributed by atoms with Crippen LogP contribution in [-0.2, 0) is 6.54 Å². The van der Waals surface area contributed by atoms with Crippen molar-refractivity contribution >= 4 is 17.0 Å². The van der Waals surface area contributed by atoms with Crippen LogP contribution in [0.1, 0.15) is 43.7 Å². The third kappa shape index (κ3) is 4.06. The zero-order valence-electron chi connectivity index (χ0n) is 16.0. The summed E-state index contributed by atoms with van der Waals surface area (Å²) in [6, 6.07) is 12.8. The van der Waals surface area contributed by atoms with Crippen LogP contribution in [0.4, 0.5) is 5.69 Å². The lowest BCUT2D eigenvalue weighted by Crippen LogP contribution is -2.31. The second kappa shape index (κ2) is 8.23. The Morgan fingerprint density at radius 1 is 1.11 bits per heavy atom. The fourth-order valence-corrected chi connectivity index (χ4v) is 4.23. The summed E-state index contributed by atoms with van der Waals surface area (Å²) in [5, 5.41) is 10.5. The van der Waals surface area contributed by atoms with Gasteiger partial charge < -0.3 is 9.32 Å². The fraction of sp³-hybridized carbons (Fsp3) is 0.429. The van der Waals surface area contributed by atoms with E-state index in [1.165, 1.54) is 30.5 Å². The molecule has 0 unspecified atom stereocenters. The Kier molecular flexibility index (Phi) is 5.55. The zero-order valence-corrected chi connectivity index (χ0v) is 16.8. The molecule has 1 aliphatic heterocycles. The smallest absolute Gasteiger partial charge is 0.257 e. The molecular weight excluding hydrogens is 356 g/mol. The number of nitrogens with zero attached hydrogens (tertiary/aromatic N) is 4. The summed E-state index contributed by atoms with van der Waals surface area (Å²) >= 11 is 1.61. The van der Waals surface area contributed by atoms with Crippen molar-refractivity contribution in [3.8, 4) is 10.8 Å². The maximum atomic E-state index is 5.93. The Labute approximate surface area is 164 Å². The van der Waals surface area contributed by atoms with Gasteiger partial charge >= 0.3 is 0 Å². The molecule has 0 bridgehead atoms. The molecular formula is C21H26N4OS. The quantitative estimate of drug-likeness (QED) is 0.601. The van der Waals surface area contributed by atoms with Gasteiger partial charge in [-0.25, -0.2) is 0 Å². The van der Waals surface area contributed by atoms with Gasteiger partial charge in [-0.2, -0.15) is 0 Å². The molecule has 1 saturated heterocycles. The molecule has 6 heteroatoms. The Bertz CT molecular complexity index is 855. The maximum Gasteiger partial charge on any atom is 0.257 e. The van der Waals surface area contributed by atoms with E-state index in [1.54, 1.807) is 11.3 Å². The fourth-order valence-electron chi connectivity index (χ4n) is 3.59. The summed E-state index contributed by atoms with van der Waals surface area (Å²) in [6.45, 7) is 5.29. The van der Waals surface area contributed by atoms with Gasteiger partial charge in [0.15, 0.2) is 0 Å². The minimum absolute atomic E-state index is 0.0561. The first-order valence-electron chi connectivity index (χ1n) is 9.63. The van der Waals surface area contributed by atoms with E-state index in [4.69, 9.17) is 4.42 Å². The minimum Gasteiger partial charge on any atom is -0.418 e. The lowest BCUT2D eigenvalue weighted by molar-refractivity contribution is 0.218. The molecule has 0 spiro atoms. The van der Waals surface area contributed by atoms with Gasteiger partial charge in [0, 0.05) is 25.3 Å². The van der Waals surface area contributed by atoms with E-state index in [1.807, 2.05) is 17.5 Å². The molecule has 1 atom stereocenters. The predicted octanol–water partition coefficient (Wildman–Crippen LogP) is 4.98. The number of benzene rings is 1. The van der Waals surface area contributed by atoms with Gasteiger partial charge in [0.05, 0.1) is 10.9 Å². The summed E-state index contributed by atoms with van der Waals surface area (Å²) in [6.07, 6.45) is 3.92. The van der Waals surface area contributed by atoms with Crippen LogP contribution in [0, 0.1) is 0 Å². The SMILES string of the molecule is C[C@H](c1nnc(-c2cccs2)o1)N(C)Cc1ccccc1N1CCCCC1. The Hall–Kier alpha value is -2.18. The molecule has 0 radical (unpaired) electrons. The zero-order chi connectivity index (χ0) is 18.6. The van der Waals surface area contributed by atoms with Crippen LogP contribution in [0.2, 0.25) is 0 Å². The second-order valence-corrected chi connectivity index (χ2v) is 8.14. The van der Waals surface area contributed by atoms with Crippen LogP contribution >= 0.6 is 11.3 Å². The van der Waals surface area contributed by atoms with Gasteiger partial charge in [0.25, 0.3) is 5.89 Å². The van der Waals surface area contributed by atoms with Gasteiger partial charge in [0.2, 0.25) is 5.89 Å². The average Bonchev–Trinajstić information content (AvgIpc) is 3.40. The van der Waals surface area contributed by atoms with Crippen LogP contribution in [0.15, 0.2) is 46.2 Å². The highest BCUT2D eigenvalue weighted by atomic mass is 32.1. The summed E-state index contributed by atoms with van der Waals surface area (Å²) in [5.41, 5.74) is 2.72. The molecule has 1 aromatic carbocycles. The van der Waals surface area contributed by atoms with Crippen LogP contribution in [0.3, 0.4) is 0 Å². The van der Waals surface area contributed by atoms with E-state index in [2.05, 4.69) is 58.2 Å². The van der Waals surface area contributed by atoms with Crippen molar-refractivity contribution < 1.29 is 4.42 Å². The first-order valence-corrected chi connectivity index (χ1v) is 10.5. The number of rotatable bonds is 6. The number of piperidine rings is 1. The van der Waals surface area contributed by atoms with Crippen molar-refractivity contribution in [1.29, 1.82) is 0 Å². The van der Waals surface area contributed by atoms with Gasteiger partial charge in [-0.05, 0) is 56.3 Å². The highest BCUT2D eigenvalue weighted by Crippen LogP contribution is 2.29. The largest absolute Gasteiger partial charge is 0.418 e. The van der Waals surface area contributed by atoms with Gasteiger partial charge in [-0.1, -0.05) is 24.3 Å². The molecule has 27 heavy (non-hydrogen) atoms. The van der Waals surface area contributed by atoms with E-state index in [0.29, 0.717) is 11.8 Å². The molecule has 4 rings (SSSR count). The molecule has 2 aromatic heterocycles. The number of hydrogen-bond donors (Lipinski definition) is 0. The molecule has 3 aromatic rings. The summed E-state index contributed by atoms with van der Waals surface area (Å²) in [7, 11) is 2.12. The van der Waals surface area contributed by atoms with Gasteiger partial charge in [0.1, 0.15) is 0 Å². The topological polar surface area (TPSA) is 45.4 Å². The minimum atomic E-state index is 0.0561. The molecule has 0 saturated carbocycles. The van der Waals surface area contributed by atoms with E-state index in [0.717, 1.165) is 24.5 Å². The Morgan fingerprint density at radius 3 is 2.70 bits per heavy atom. The van der Waals surface area contributed by atoms with Crippen LogP contribution in [-0.4, -0.2) is 35.2 Å². The number of hydrogen-bond acceptors (Lipinski definition) is 6. The lowest BCUT2D eigenvalue weighted by atomic mass is 10.1. The first-order chi connectivity index (χ1) is 13.2. The monoisotopic (exact) mass is 382 g/mol. The molecule has 0 N–H and O–H groups in total. The highest BCUT2D eigenvalue weighted by Gasteiger charge is 2.21. The molecule has 3 heterocycles. The van der Waals surface area contributed by atoms with Crippen LogP contribution in [0.25, 0.3) is 10.8 Å². The standard InChI is InChI=1S/C21H26N4OS/c1-16(20-22-23-21(26-20)19-11-8-14-27-19)24(2)15-17-9-4-5-10-18(17)25-12-6-3-7-13-25/h4-5,8-11,14,16H,3,6-7,12-13,15H2,1-2H3/t16-/m1/s1. The van der Waals surface area contributed by atoms with Crippen molar-refractivity contribution in [2.75, 3.05) is 25.0 Å². The van der Waals surface area contributed by atoms with Crippen LogP contribution in [0.5, 0.6) is 0 Å². The van der Waals surface area contributed by atoms with Gasteiger partial charge in [-0.3, -0.25) is 4.90 Å². The van der Waals surface area contributed by atoms with Crippen molar-refractivity contribution in [2.24, 2.45) is 0 Å². The van der Waals surface area contributed by atoms with Crippen molar-refractivity contribution in [3.63, 3.8) is 0 Å². The summed E-state index contributed by atoms with van der Waals surface area (Å²) in [5.74, 6) is 1.27. The summed E-state index contributed by atoms with van der Waals surface area (Å²) in [4.78, 5) is 5.81. The first kappa shape index (κ1) is 18.2. The van der Waals surface area contributed by atoms with E-state index in [-0.39, 0.29) is 6.04 Å². The van der Waals surface area contributed by atoms with E-state index in [9.17, 15) is 0 Å². The Balaban J connectivity index is 1.48. The van der Waals surface area contributed by atoms with Crippen molar-refractivity contribution in [3.05, 3.63) is 53.2 Å². The maximum absolute atomic E-state index is 5.93. The van der Waals surface area contributed by atoms with Crippen molar-refractivity contribution in [2.45, 2.75) is 38.8 Å². The third-order valence-corrected chi connectivity index (χ3v) is 6.16. The number of thiophene rings is 1. The molecule has 142 valence electrons. The average molecular weight is 383 g/mol. The normalized spacial score (nSPS) is 16.0. The molecule has 0 amide bonds. The number of para-hydroxylation sites is 1. The Morgan fingerprint density at radius 2 is 1.93 bits per heavy atom. The lowest BCUT2D eigenvalue weighted by Gasteiger charge is -2.32. The number of anilines is 1. The van der Waals surface area contributed by atoms with E-state index < -0.39 is 0 Å². The highest BCUT2D eigenvalue weighted by molar-refractivity contribution is 7.13. The van der Waals surface area contributed by atoms with Crippen LogP contribution < -0.4 is 4.90 Å². The second-order valence-electron chi connectivity index (χ2n) is 7.19. The number of aromatic nitrogens is 2. The third-order valence-electron chi connectivity index (χ3n) is 5.30. The summed E-state index contributed by atoms with van der Waals surface area (Å²) < 4.78 is 5.93. The predicted molar refractivity (Wildman–Crippen MR) is 110 cm³/mol. The van der Waals surface area contributed by atoms with E-state index >= 15 is 0 Å². The molecule has 5 nitrogen and oxygen atoms in total. The molecule has 1 fully saturated rings. The van der Waals surface area contributed by atoms with Crippen molar-refractivity contribution in [1.82, 2.24) is 15.1 Å². The molecule has 0 aliphatic carbocycles.